The highest BCUT2D eigenvalue weighted by molar-refractivity contribution is 7.48. The van der Waals surface area contributed by atoms with Crippen LogP contribution in [0.1, 0.15) is 33.1 Å². The van der Waals surface area contributed by atoms with Gasteiger partial charge >= 0.3 is 25.9 Å². The smallest absolute Gasteiger partial charge is 0.481 e. The molecule has 0 aliphatic carbocycles. The number of phosphoric acid groups is 1. The van der Waals surface area contributed by atoms with Crippen LogP contribution in [0, 0.1) is 0 Å². The number of hydrogen-bond donors (Lipinski definition) is 2. The molecule has 0 bridgehead atoms. The van der Waals surface area contributed by atoms with Crippen LogP contribution in [0.25, 0.3) is 0 Å². The summed E-state index contributed by atoms with van der Waals surface area (Å²) in [5.41, 5.74) is 0. The zero-order chi connectivity index (χ0) is 21.7. The third-order valence-corrected chi connectivity index (χ3v) is 4.51. The van der Waals surface area contributed by atoms with Crippen molar-refractivity contribution in [1.82, 2.24) is 4.90 Å². The normalized spacial score (nSPS) is 13.0. The lowest BCUT2D eigenvalue weighted by atomic mass is 10.1. The van der Waals surface area contributed by atoms with E-state index in [9.17, 15) is 22.5 Å². The van der Waals surface area contributed by atoms with Crippen molar-refractivity contribution in [3.05, 3.63) is 0 Å². The molecule has 162 valence electrons. The molecule has 2 N–H and O–H groups in total. The van der Waals surface area contributed by atoms with Gasteiger partial charge in [-0.25, -0.2) is 9.36 Å². The van der Waals surface area contributed by atoms with Gasteiger partial charge in [-0.05, 0) is 40.8 Å². The Labute approximate surface area is 156 Å². The second kappa shape index (κ2) is 13.9. The molecule has 9 nitrogen and oxygen atoms in total. The number of carboxylic acid groups (broad SMARTS) is 2. The standard InChI is InChI=1S/C12H26NO6P.C2HF3O2/c1-5-17-20(16,18-6-2)19-10-11(13(3)4)8-7-9-12(14)15;3-2(4,5)1(6)7/h11H,5-10H2,1-4H3,(H,14,15);(H,6,7). The Hall–Kier alpha value is -1.20. The van der Waals surface area contributed by atoms with Crippen LogP contribution in [0.5, 0.6) is 0 Å². The summed E-state index contributed by atoms with van der Waals surface area (Å²) in [5, 5.41) is 15.8. The number of alkyl halides is 3. The molecular formula is C14H27F3NO8P. The topological polar surface area (TPSA) is 123 Å². The largest absolute Gasteiger partial charge is 0.490 e. The molecule has 0 aliphatic rings. The highest BCUT2D eigenvalue weighted by atomic mass is 31.2. The van der Waals surface area contributed by atoms with Crippen molar-refractivity contribution in [2.24, 2.45) is 0 Å². The summed E-state index contributed by atoms with van der Waals surface area (Å²) in [6.45, 7) is 4.08. The van der Waals surface area contributed by atoms with Gasteiger partial charge in [-0.15, -0.1) is 0 Å². The highest BCUT2D eigenvalue weighted by Gasteiger charge is 2.38. The summed E-state index contributed by atoms with van der Waals surface area (Å²) in [6, 6.07) is -0.0383. The molecule has 0 aromatic heterocycles. The van der Waals surface area contributed by atoms with Gasteiger partial charge in [0.2, 0.25) is 0 Å². The Morgan fingerprint density at radius 3 is 1.81 bits per heavy atom. The third-order valence-electron chi connectivity index (χ3n) is 2.90. The molecule has 1 unspecified atom stereocenters. The van der Waals surface area contributed by atoms with Gasteiger partial charge in [0.15, 0.2) is 0 Å². The average Bonchev–Trinajstić information content (AvgIpc) is 2.50. The molecule has 0 rings (SSSR count). The summed E-state index contributed by atoms with van der Waals surface area (Å²) >= 11 is 0. The summed E-state index contributed by atoms with van der Waals surface area (Å²) in [6.07, 6.45) is -3.80. The zero-order valence-corrected chi connectivity index (χ0v) is 16.6. The number of carbonyl (C=O) groups is 2. The first-order chi connectivity index (χ1) is 12.3. The fourth-order valence-electron chi connectivity index (χ4n) is 1.58. The van der Waals surface area contributed by atoms with Gasteiger partial charge in [-0.3, -0.25) is 18.4 Å². The van der Waals surface area contributed by atoms with Crippen molar-refractivity contribution in [2.45, 2.75) is 45.3 Å². The first-order valence-corrected chi connectivity index (χ1v) is 9.47. The Morgan fingerprint density at radius 1 is 1.07 bits per heavy atom. The SMILES string of the molecule is CCOP(=O)(OCC)OCC(CCCC(=O)O)N(C)C.O=C(O)C(F)(F)F. The maximum absolute atomic E-state index is 12.1. The van der Waals surface area contributed by atoms with E-state index in [1.165, 1.54) is 0 Å². The van der Waals surface area contributed by atoms with Crippen molar-refractivity contribution >= 4 is 19.8 Å². The van der Waals surface area contributed by atoms with E-state index in [0.29, 0.717) is 12.8 Å². The van der Waals surface area contributed by atoms with E-state index in [1.54, 1.807) is 13.8 Å². The molecule has 0 heterocycles. The van der Waals surface area contributed by atoms with Crippen molar-refractivity contribution in [3.8, 4) is 0 Å². The number of halogens is 3. The second-order valence-corrected chi connectivity index (χ2v) is 6.95. The molecule has 0 spiro atoms. The Bertz CT molecular complexity index is 477. The minimum Gasteiger partial charge on any atom is -0.481 e. The molecule has 0 saturated heterocycles. The summed E-state index contributed by atoms with van der Waals surface area (Å²) in [4.78, 5) is 21.3. The van der Waals surface area contributed by atoms with Crippen molar-refractivity contribution in [1.29, 1.82) is 0 Å². The predicted molar refractivity (Wildman–Crippen MR) is 89.5 cm³/mol. The lowest BCUT2D eigenvalue weighted by Gasteiger charge is -2.25. The van der Waals surface area contributed by atoms with Gasteiger partial charge in [0.1, 0.15) is 0 Å². The van der Waals surface area contributed by atoms with E-state index in [0.717, 1.165) is 0 Å². The fourth-order valence-corrected chi connectivity index (χ4v) is 2.80. The fraction of sp³-hybridized carbons (Fsp3) is 0.857. The van der Waals surface area contributed by atoms with Gasteiger partial charge in [0, 0.05) is 12.5 Å². The van der Waals surface area contributed by atoms with E-state index < -0.39 is 25.9 Å². The number of phosphoric ester groups is 1. The predicted octanol–water partition coefficient (Wildman–Crippen LogP) is 3.00. The van der Waals surface area contributed by atoms with Crippen LogP contribution in [0.4, 0.5) is 13.2 Å². The van der Waals surface area contributed by atoms with Gasteiger partial charge in [0.05, 0.1) is 19.8 Å². The number of aliphatic carboxylic acids is 2. The van der Waals surface area contributed by atoms with E-state index in [4.69, 9.17) is 28.6 Å². The molecular weight excluding hydrogens is 398 g/mol. The van der Waals surface area contributed by atoms with E-state index >= 15 is 0 Å². The molecule has 1 atom stereocenters. The van der Waals surface area contributed by atoms with Crippen molar-refractivity contribution in [3.63, 3.8) is 0 Å². The number of hydrogen-bond acceptors (Lipinski definition) is 7. The van der Waals surface area contributed by atoms with Crippen LogP contribution in [-0.2, 0) is 27.7 Å². The molecule has 0 saturated carbocycles. The molecule has 0 amide bonds. The molecule has 27 heavy (non-hydrogen) atoms. The first kappa shape index (κ1) is 28.0. The van der Waals surface area contributed by atoms with Crippen molar-refractivity contribution < 1.29 is 51.1 Å². The van der Waals surface area contributed by atoms with Crippen LogP contribution < -0.4 is 0 Å². The van der Waals surface area contributed by atoms with Crippen molar-refractivity contribution in [2.75, 3.05) is 33.9 Å². The average molecular weight is 425 g/mol. The maximum Gasteiger partial charge on any atom is 0.490 e. The van der Waals surface area contributed by atoms with E-state index in [2.05, 4.69) is 0 Å². The van der Waals surface area contributed by atoms with Crippen LogP contribution in [0.3, 0.4) is 0 Å². The lowest BCUT2D eigenvalue weighted by molar-refractivity contribution is -0.192. The first-order valence-electron chi connectivity index (χ1n) is 8.01. The highest BCUT2D eigenvalue weighted by Crippen LogP contribution is 2.49. The molecule has 0 aliphatic heterocycles. The number of carboxylic acids is 2. The molecule has 13 heteroatoms. The second-order valence-electron chi connectivity index (χ2n) is 5.28. The minimum atomic E-state index is -5.08. The third kappa shape index (κ3) is 15.5. The van der Waals surface area contributed by atoms with Crippen LogP contribution in [0.15, 0.2) is 0 Å². The Morgan fingerprint density at radius 2 is 1.52 bits per heavy atom. The van der Waals surface area contributed by atoms with Crippen LogP contribution >= 0.6 is 7.82 Å². The minimum absolute atomic E-state index is 0.0383. The van der Waals surface area contributed by atoms with E-state index in [-0.39, 0.29) is 32.3 Å². The number of rotatable bonds is 12. The summed E-state index contributed by atoms with van der Waals surface area (Å²) in [7, 11) is 0.217. The number of likely N-dealkylation sites (N-methyl/N-ethyl adjacent to an activating group) is 1. The van der Waals surface area contributed by atoms with Gasteiger partial charge in [0.25, 0.3) is 0 Å². The molecule has 0 aromatic rings. The van der Waals surface area contributed by atoms with E-state index in [1.807, 2.05) is 19.0 Å². The quantitative estimate of drug-likeness (QED) is 0.454. The summed E-state index contributed by atoms with van der Waals surface area (Å²) < 4.78 is 59.3. The maximum atomic E-state index is 12.1. The van der Waals surface area contributed by atoms with Crippen LogP contribution in [0.2, 0.25) is 0 Å². The van der Waals surface area contributed by atoms with Crippen LogP contribution in [-0.4, -0.2) is 73.2 Å². The van der Waals surface area contributed by atoms with Gasteiger partial charge in [-0.1, -0.05) is 0 Å². The van der Waals surface area contributed by atoms with Gasteiger partial charge < -0.3 is 15.1 Å². The molecule has 0 aromatic carbocycles. The summed E-state index contributed by atoms with van der Waals surface area (Å²) in [5.74, 6) is -3.58. The van der Waals surface area contributed by atoms with Gasteiger partial charge in [-0.2, -0.15) is 13.2 Å². The monoisotopic (exact) mass is 425 g/mol. The molecule has 0 fully saturated rings. The Kier molecular flexibility index (Phi) is 14.4. The Balaban J connectivity index is 0. The molecule has 0 radical (unpaired) electrons. The number of nitrogens with zero attached hydrogens (tertiary/aromatic N) is 1. The zero-order valence-electron chi connectivity index (χ0n) is 15.7. The lowest BCUT2D eigenvalue weighted by Crippen LogP contribution is -2.32.